The van der Waals surface area contributed by atoms with Gasteiger partial charge < -0.3 is 4.90 Å². The largest absolute Gasteiger partial charge is 0.348 e. The molecule has 0 fully saturated rings. The molecule has 0 aliphatic rings. The Morgan fingerprint density at radius 1 is 1.17 bits per heavy atom. The smallest absolute Gasteiger partial charge is 0.274 e. The third kappa shape index (κ3) is 2.61. The van der Waals surface area contributed by atoms with Gasteiger partial charge in [-0.3, -0.25) is 14.8 Å². The number of aromatic nitrogens is 2. The average Bonchev–Trinajstić information content (AvgIpc) is 2.61. The van der Waals surface area contributed by atoms with Gasteiger partial charge in [0.2, 0.25) is 5.95 Å². The zero-order chi connectivity index (χ0) is 17.3. The number of carbonyl (C=O) groups excluding carboxylic acids is 1. The van der Waals surface area contributed by atoms with E-state index >= 15 is 0 Å². The monoisotopic (exact) mass is 324 g/mol. The molecular formula is C17H16N4O3. The van der Waals surface area contributed by atoms with E-state index in [1.54, 1.807) is 24.5 Å². The normalized spacial score (nSPS) is 10.6. The van der Waals surface area contributed by atoms with Crippen LogP contribution < -0.4 is 15.9 Å². The van der Waals surface area contributed by atoms with Crippen molar-refractivity contribution >= 4 is 22.8 Å². The van der Waals surface area contributed by atoms with Crippen molar-refractivity contribution in [2.24, 2.45) is 0 Å². The van der Waals surface area contributed by atoms with Crippen LogP contribution in [0.15, 0.2) is 53.3 Å². The number of benzene rings is 2. The molecule has 0 saturated heterocycles. The third-order valence-electron chi connectivity index (χ3n) is 3.63. The standard InChI is InChI=1S/C17H16N4O3/c1-20(2)17-18-14-10-11(15(22)19-24)8-9-13(14)16(23)21(17)12-6-4-3-5-7-12/h3-10,24H,1-2H3,(H,19,22). The van der Waals surface area contributed by atoms with Crippen molar-refractivity contribution in [3.8, 4) is 5.69 Å². The van der Waals surface area contributed by atoms with Gasteiger partial charge in [0.25, 0.3) is 11.5 Å². The highest BCUT2D eigenvalue weighted by atomic mass is 16.5. The van der Waals surface area contributed by atoms with E-state index in [4.69, 9.17) is 5.21 Å². The van der Waals surface area contributed by atoms with Crippen LogP contribution in [0, 0.1) is 0 Å². The van der Waals surface area contributed by atoms with Crippen LogP contribution in [-0.2, 0) is 0 Å². The molecule has 7 heteroatoms. The van der Waals surface area contributed by atoms with Crippen molar-refractivity contribution in [1.82, 2.24) is 15.0 Å². The SMILES string of the molecule is CN(C)c1nc2cc(C(=O)NO)ccc2c(=O)n1-c1ccccc1. The third-order valence-corrected chi connectivity index (χ3v) is 3.63. The Balaban J connectivity index is 2.33. The van der Waals surface area contributed by atoms with Crippen LogP contribution in [0.5, 0.6) is 0 Å². The molecule has 2 N–H and O–H groups in total. The molecule has 24 heavy (non-hydrogen) atoms. The minimum atomic E-state index is -0.655. The number of amides is 1. The molecule has 1 aromatic heterocycles. The van der Waals surface area contributed by atoms with Crippen LogP contribution in [0.2, 0.25) is 0 Å². The first kappa shape index (κ1) is 15.7. The second kappa shape index (κ2) is 6.13. The summed E-state index contributed by atoms with van der Waals surface area (Å²) in [5.41, 5.74) is 2.66. The van der Waals surface area contributed by atoms with Gasteiger partial charge in [-0.1, -0.05) is 18.2 Å². The first-order valence-electron chi connectivity index (χ1n) is 7.27. The molecule has 7 nitrogen and oxygen atoms in total. The van der Waals surface area contributed by atoms with E-state index < -0.39 is 5.91 Å². The van der Waals surface area contributed by atoms with E-state index in [0.717, 1.165) is 0 Å². The summed E-state index contributed by atoms with van der Waals surface area (Å²) in [6.45, 7) is 0. The van der Waals surface area contributed by atoms with Crippen molar-refractivity contribution in [2.75, 3.05) is 19.0 Å². The van der Waals surface area contributed by atoms with E-state index in [9.17, 15) is 9.59 Å². The van der Waals surface area contributed by atoms with E-state index in [1.165, 1.54) is 22.8 Å². The van der Waals surface area contributed by atoms with Crippen molar-refractivity contribution in [2.45, 2.75) is 0 Å². The van der Waals surface area contributed by atoms with Gasteiger partial charge in [-0.2, -0.15) is 0 Å². The zero-order valence-electron chi connectivity index (χ0n) is 13.2. The summed E-state index contributed by atoms with van der Waals surface area (Å²) in [6.07, 6.45) is 0. The van der Waals surface area contributed by atoms with E-state index in [0.29, 0.717) is 22.5 Å². The number of hydrogen-bond donors (Lipinski definition) is 2. The number of para-hydroxylation sites is 1. The molecule has 1 heterocycles. The number of nitrogens with one attached hydrogen (secondary N) is 1. The minimum absolute atomic E-state index is 0.221. The maximum absolute atomic E-state index is 13.0. The lowest BCUT2D eigenvalue weighted by atomic mass is 10.1. The Kier molecular flexibility index (Phi) is 4.01. The van der Waals surface area contributed by atoms with E-state index in [1.807, 2.05) is 30.3 Å². The van der Waals surface area contributed by atoms with Gasteiger partial charge in [0.1, 0.15) is 0 Å². The Morgan fingerprint density at radius 3 is 2.50 bits per heavy atom. The van der Waals surface area contributed by atoms with Gasteiger partial charge in [-0.25, -0.2) is 15.0 Å². The zero-order valence-corrected chi connectivity index (χ0v) is 13.2. The van der Waals surface area contributed by atoms with Crippen molar-refractivity contribution in [3.63, 3.8) is 0 Å². The number of nitrogens with zero attached hydrogens (tertiary/aromatic N) is 3. The Morgan fingerprint density at radius 2 is 1.88 bits per heavy atom. The van der Waals surface area contributed by atoms with Gasteiger partial charge in [0.05, 0.1) is 16.6 Å². The molecule has 0 aliphatic carbocycles. The molecule has 0 saturated carbocycles. The highest BCUT2D eigenvalue weighted by Gasteiger charge is 2.15. The lowest BCUT2D eigenvalue weighted by Gasteiger charge is -2.19. The van der Waals surface area contributed by atoms with Gasteiger partial charge >= 0.3 is 0 Å². The predicted octanol–water partition coefficient (Wildman–Crippen LogP) is 1.57. The lowest BCUT2D eigenvalue weighted by Crippen LogP contribution is -2.27. The molecule has 0 spiro atoms. The molecule has 0 radical (unpaired) electrons. The molecule has 0 atom stereocenters. The molecule has 0 bridgehead atoms. The molecule has 3 rings (SSSR count). The maximum Gasteiger partial charge on any atom is 0.274 e. The molecule has 122 valence electrons. The Labute approximate surface area is 137 Å². The fraction of sp³-hybridized carbons (Fsp3) is 0.118. The number of fused-ring (bicyclic) bond motifs is 1. The minimum Gasteiger partial charge on any atom is -0.348 e. The number of hydroxylamine groups is 1. The number of rotatable bonds is 3. The fourth-order valence-corrected chi connectivity index (χ4v) is 2.49. The first-order valence-corrected chi connectivity index (χ1v) is 7.27. The van der Waals surface area contributed by atoms with Gasteiger partial charge in [-0.15, -0.1) is 0 Å². The molecule has 2 aromatic carbocycles. The second-order valence-corrected chi connectivity index (χ2v) is 5.46. The van der Waals surface area contributed by atoms with E-state index in [2.05, 4.69) is 4.98 Å². The highest BCUT2D eigenvalue weighted by Crippen LogP contribution is 2.19. The summed E-state index contributed by atoms with van der Waals surface area (Å²) < 4.78 is 1.52. The number of anilines is 1. The van der Waals surface area contributed by atoms with Crippen LogP contribution in [0.1, 0.15) is 10.4 Å². The topological polar surface area (TPSA) is 87.5 Å². The Bertz CT molecular complexity index is 965. The van der Waals surface area contributed by atoms with Crippen LogP contribution in [-0.4, -0.2) is 34.8 Å². The van der Waals surface area contributed by atoms with Gasteiger partial charge in [0, 0.05) is 19.7 Å². The summed E-state index contributed by atoms with van der Waals surface area (Å²) in [5.74, 6) is -0.211. The summed E-state index contributed by atoms with van der Waals surface area (Å²) in [4.78, 5) is 30.8. The number of carbonyl (C=O) groups is 1. The molecule has 0 aliphatic heterocycles. The van der Waals surface area contributed by atoms with Crippen molar-refractivity contribution < 1.29 is 10.0 Å². The summed E-state index contributed by atoms with van der Waals surface area (Å²) in [5, 5.41) is 9.14. The first-order chi connectivity index (χ1) is 11.5. The summed E-state index contributed by atoms with van der Waals surface area (Å²) in [6, 6.07) is 13.7. The Hall–Kier alpha value is -3.19. The van der Waals surface area contributed by atoms with Crippen molar-refractivity contribution in [1.29, 1.82) is 0 Å². The average molecular weight is 324 g/mol. The summed E-state index contributed by atoms with van der Waals surface area (Å²) >= 11 is 0. The van der Waals surface area contributed by atoms with E-state index in [-0.39, 0.29) is 11.1 Å². The van der Waals surface area contributed by atoms with Crippen LogP contribution in [0.4, 0.5) is 5.95 Å². The van der Waals surface area contributed by atoms with Crippen LogP contribution >= 0.6 is 0 Å². The quantitative estimate of drug-likeness (QED) is 0.564. The predicted molar refractivity (Wildman–Crippen MR) is 90.9 cm³/mol. The van der Waals surface area contributed by atoms with Crippen LogP contribution in [0.25, 0.3) is 16.6 Å². The molecule has 0 unspecified atom stereocenters. The number of hydrogen-bond acceptors (Lipinski definition) is 5. The molecular weight excluding hydrogens is 308 g/mol. The molecule has 3 aromatic rings. The summed E-state index contributed by atoms with van der Waals surface area (Å²) in [7, 11) is 3.58. The second-order valence-electron chi connectivity index (χ2n) is 5.46. The van der Waals surface area contributed by atoms with Gasteiger partial charge in [0.15, 0.2) is 0 Å². The maximum atomic E-state index is 13.0. The van der Waals surface area contributed by atoms with Gasteiger partial charge in [-0.05, 0) is 30.3 Å². The molecule has 1 amide bonds. The highest BCUT2D eigenvalue weighted by molar-refractivity contribution is 5.97. The lowest BCUT2D eigenvalue weighted by molar-refractivity contribution is 0.0706. The fourth-order valence-electron chi connectivity index (χ4n) is 2.49. The van der Waals surface area contributed by atoms with Crippen LogP contribution in [0.3, 0.4) is 0 Å². The van der Waals surface area contributed by atoms with Crippen molar-refractivity contribution in [3.05, 3.63) is 64.4 Å².